The van der Waals surface area contributed by atoms with Crippen LogP contribution in [0.4, 0.5) is 0 Å². The number of carbonyl (C=O) groups excluding carboxylic acids is 1. The quantitative estimate of drug-likeness (QED) is 0.836. The Labute approximate surface area is 108 Å². The van der Waals surface area contributed by atoms with E-state index in [0.717, 1.165) is 25.7 Å². The Morgan fingerprint density at radius 2 is 2.06 bits per heavy atom. The lowest BCUT2D eigenvalue weighted by atomic mass is 9.82. The van der Waals surface area contributed by atoms with E-state index in [1.807, 2.05) is 25.1 Å². The molecule has 98 valence electrons. The third kappa shape index (κ3) is 3.10. The van der Waals surface area contributed by atoms with Crippen molar-refractivity contribution in [3.05, 3.63) is 35.4 Å². The van der Waals surface area contributed by atoms with Gasteiger partial charge in [-0.3, -0.25) is 0 Å². The highest BCUT2D eigenvalue weighted by Crippen LogP contribution is 2.32. The first kappa shape index (κ1) is 13.1. The van der Waals surface area contributed by atoms with Crippen LogP contribution in [0.1, 0.15) is 54.4 Å². The van der Waals surface area contributed by atoms with Crippen molar-refractivity contribution in [2.45, 2.75) is 44.6 Å². The fraction of sp³-hybridized carbons (Fsp3) is 0.533. The Balaban J connectivity index is 2.09. The molecule has 1 aromatic carbocycles. The van der Waals surface area contributed by atoms with E-state index in [2.05, 4.69) is 6.07 Å². The Hall–Kier alpha value is -1.35. The molecule has 1 fully saturated rings. The Morgan fingerprint density at radius 1 is 1.33 bits per heavy atom. The minimum atomic E-state index is -0.230. The smallest absolute Gasteiger partial charge is 0.338 e. The summed E-state index contributed by atoms with van der Waals surface area (Å²) in [7, 11) is 0. The van der Waals surface area contributed by atoms with Gasteiger partial charge in [-0.2, -0.15) is 0 Å². The van der Waals surface area contributed by atoms with E-state index in [1.165, 1.54) is 5.56 Å². The van der Waals surface area contributed by atoms with E-state index in [0.29, 0.717) is 24.1 Å². The molecule has 0 heterocycles. The number of carbonyl (C=O) groups is 1. The first-order chi connectivity index (χ1) is 8.70. The first-order valence-corrected chi connectivity index (χ1v) is 6.73. The molecule has 0 aromatic heterocycles. The van der Waals surface area contributed by atoms with E-state index in [9.17, 15) is 4.79 Å². The summed E-state index contributed by atoms with van der Waals surface area (Å²) in [6.45, 7) is 2.24. The molecule has 0 aliphatic heterocycles. The van der Waals surface area contributed by atoms with Crippen LogP contribution in [0.25, 0.3) is 0 Å². The summed E-state index contributed by atoms with van der Waals surface area (Å²) in [6, 6.07) is 8.19. The van der Waals surface area contributed by atoms with Crippen LogP contribution in [0.3, 0.4) is 0 Å². The van der Waals surface area contributed by atoms with Crippen molar-refractivity contribution in [3.8, 4) is 0 Å². The number of rotatable bonds is 3. The van der Waals surface area contributed by atoms with Gasteiger partial charge in [0.1, 0.15) is 0 Å². The number of hydrogen-bond donors (Lipinski definition) is 1. The molecule has 0 saturated heterocycles. The van der Waals surface area contributed by atoms with Gasteiger partial charge in [0.2, 0.25) is 0 Å². The van der Waals surface area contributed by atoms with E-state index < -0.39 is 0 Å². The van der Waals surface area contributed by atoms with Crippen LogP contribution in [-0.4, -0.2) is 18.6 Å². The van der Waals surface area contributed by atoms with Crippen LogP contribution in [0.2, 0.25) is 0 Å². The van der Waals surface area contributed by atoms with E-state index in [4.69, 9.17) is 10.5 Å². The van der Waals surface area contributed by atoms with Gasteiger partial charge in [0.15, 0.2) is 0 Å². The molecule has 0 bridgehead atoms. The predicted molar refractivity (Wildman–Crippen MR) is 71.6 cm³/mol. The maximum Gasteiger partial charge on any atom is 0.338 e. The molecule has 0 atom stereocenters. The van der Waals surface area contributed by atoms with E-state index in [1.54, 1.807) is 0 Å². The van der Waals surface area contributed by atoms with Gasteiger partial charge in [0.05, 0.1) is 12.2 Å². The zero-order chi connectivity index (χ0) is 13.0. The number of nitrogens with two attached hydrogens (primary N) is 1. The monoisotopic (exact) mass is 247 g/mol. The minimum Gasteiger partial charge on any atom is -0.462 e. The van der Waals surface area contributed by atoms with Crippen LogP contribution in [0.15, 0.2) is 24.3 Å². The molecular weight excluding hydrogens is 226 g/mol. The van der Waals surface area contributed by atoms with Gasteiger partial charge in [0, 0.05) is 6.04 Å². The van der Waals surface area contributed by atoms with Crippen LogP contribution < -0.4 is 5.73 Å². The summed E-state index contributed by atoms with van der Waals surface area (Å²) in [5.74, 6) is 0.311. The van der Waals surface area contributed by atoms with Gasteiger partial charge in [-0.25, -0.2) is 4.79 Å². The largest absolute Gasteiger partial charge is 0.462 e. The molecule has 3 nitrogen and oxygen atoms in total. The fourth-order valence-electron chi connectivity index (χ4n) is 2.59. The highest BCUT2D eigenvalue weighted by atomic mass is 16.5. The molecule has 2 rings (SSSR count). The number of benzene rings is 1. The Kier molecular flexibility index (Phi) is 4.37. The zero-order valence-corrected chi connectivity index (χ0v) is 10.9. The zero-order valence-electron chi connectivity index (χ0n) is 10.9. The summed E-state index contributed by atoms with van der Waals surface area (Å²) in [6.07, 6.45) is 4.39. The summed E-state index contributed by atoms with van der Waals surface area (Å²) in [5, 5.41) is 0. The van der Waals surface area contributed by atoms with Gasteiger partial charge in [-0.15, -0.1) is 0 Å². The number of esters is 1. The standard InChI is InChI=1S/C15H21NO2/c1-2-18-15(17)13-5-3-4-12(10-13)11-6-8-14(16)9-7-11/h3-5,10-11,14H,2,6-9,16H2,1H3/t11-,14+. The summed E-state index contributed by atoms with van der Waals surface area (Å²) in [5.41, 5.74) is 7.82. The van der Waals surface area contributed by atoms with Gasteiger partial charge >= 0.3 is 5.97 Å². The van der Waals surface area contributed by atoms with Crippen molar-refractivity contribution < 1.29 is 9.53 Å². The molecule has 1 saturated carbocycles. The SMILES string of the molecule is CCOC(=O)c1cccc([C@H]2CC[C@@H](N)CC2)c1. The fourth-order valence-corrected chi connectivity index (χ4v) is 2.59. The molecule has 0 unspecified atom stereocenters. The van der Waals surface area contributed by atoms with Gasteiger partial charge in [-0.05, 0) is 56.2 Å². The van der Waals surface area contributed by atoms with Crippen molar-refractivity contribution in [2.24, 2.45) is 5.73 Å². The molecule has 1 aliphatic rings. The second-order valence-corrected chi connectivity index (χ2v) is 4.96. The van der Waals surface area contributed by atoms with Crippen molar-refractivity contribution >= 4 is 5.97 Å². The maximum atomic E-state index is 11.7. The molecule has 0 spiro atoms. The lowest BCUT2D eigenvalue weighted by Gasteiger charge is -2.26. The summed E-state index contributed by atoms with van der Waals surface area (Å²) >= 11 is 0. The lowest BCUT2D eigenvalue weighted by Crippen LogP contribution is -2.25. The second kappa shape index (κ2) is 6.01. The molecule has 0 radical (unpaired) electrons. The van der Waals surface area contributed by atoms with Crippen LogP contribution in [-0.2, 0) is 4.74 Å². The van der Waals surface area contributed by atoms with Crippen LogP contribution >= 0.6 is 0 Å². The molecular formula is C15H21NO2. The van der Waals surface area contributed by atoms with Gasteiger partial charge in [0.25, 0.3) is 0 Å². The molecule has 3 heteroatoms. The van der Waals surface area contributed by atoms with Crippen molar-refractivity contribution in [3.63, 3.8) is 0 Å². The third-order valence-corrected chi connectivity index (χ3v) is 3.64. The topological polar surface area (TPSA) is 52.3 Å². The predicted octanol–water partition coefficient (Wildman–Crippen LogP) is 2.85. The highest BCUT2D eigenvalue weighted by Gasteiger charge is 2.20. The van der Waals surface area contributed by atoms with Gasteiger partial charge < -0.3 is 10.5 Å². The first-order valence-electron chi connectivity index (χ1n) is 6.73. The average molecular weight is 247 g/mol. The Morgan fingerprint density at radius 3 is 2.72 bits per heavy atom. The average Bonchev–Trinajstić information content (AvgIpc) is 2.40. The summed E-state index contributed by atoms with van der Waals surface area (Å²) in [4.78, 5) is 11.7. The van der Waals surface area contributed by atoms with Gasteiger partial charge in [-0.1, -0.05) is 12.1 Å². The van der Waals surface area contributed by atoms with Crippen LogP contribution in [0, 0.1) is 0 Å². The highest BCUT2D eigenvalue weighted by molar-refractivity contribution is 5.89. The lowest BCUT2D eigenvalue weighted by molar-refractivity contribution is 0.0526. The molecule has 0 amide bonds. The normalized spacial score (nSPS) is 23.7. The molecule has 18 heavy (non-hydrogen) atoms. The Bertz CT molecular complexity index is 409. The number of hydrogen-bond acceptors (Lipinski definition) is 3. The molecule has 2 N–H and O–H groups in total. The van der Waals surface area contributed by atoms with E-state index in [-0.39, 0.29) is 5.97 Å². The maximum absolute atomic E-state index is 11.7. The number of ether oxygens (including phenoxy) is 1. The van der Waals surface area contributed by atoms with Crippen molar-refractivity contribution in [1.29, 1.82) is 0 Å². The second-order valence-electron chi connectivity index (χ2n) is 4.96. The van der Waals surface area contributed by atoms with E-state index >= 15 is 0 Å². The molecule has 1 aliphatic carbocycles. The van der Waals surface area contributed by atoms with Crippen molar-refractivity contribution in [2.75, 3.05) is 6.61 Å². The minimum absolute atomic E-state index is 0.230. The van der Waals surface area contributed by atoms with Crippen molar-refractivity contribution in [1.82, 2.24) is 0 Å². The third-order valence-electron chi connectivity index (χ3n) is 3.64. The van der Waals surface area contributed by atoms with Crippen LogP contribution in [0.5, 0.6) is 0 Å². The summed E-state index contributed by atoms with van der Waals surface area (Å²) < 4.78 is 5.03. The molecule has 1 aromatic rings.